The summed E-state index contributed by atoms with van der Waals surface area (Å²) in [6, 6.07) is 21.1. The van der Waals surface area contributed by atoms with E-state index in [0.29, 0.717) is 15.1 Å². The molecule has 4 aromatic rings. The van der Waals surface area contributed by atoms with Crippen LogP contribution in [0.1, 0.15) is 34.7 Å². The molecule has 36 heavy (non-hydrogen) atoms. The van der Waals surface area contributed by atoms with Gasteiger partial charge in [0.1, 0.15) is 5.75 Å². The SMILES string of the molecule is COc1ccc(C2C3=C(N=c4sc(=Cc5ccc(O)c(OC)c5)c(=O)n42)c2ccccc2CC3)cc1. The lowest BCUT2D eigenvalue weighted by Crippen LogP contribution is -2.38. The molecular weight excluding hydrogens is 472 g/mol. The van der Waals surface area contributed by atoms with Gasteiger partial charge in [-0.15, -0.1) is 0 Å². The topological polar surface area (TPSA) is 73.1 Å². The van der Waals surface area contributed by atoms with Crippen molar-refractivity contribution in [3.8, 4) is 17.2 Å². The van der Waals surface area contributed by atoms with Crippen LogP contribution >= 0.6 is 11.3 Å². The van der Waals surface area contributed by atoms with Crippen LogP contribution in [0.4, 0.5) is 0 Å². The molecule has 2 heterocycles. The van der Waals surface area contributed by atoms with Crippen LogP contribution in [0.5, 0.6) is 17.2 Å². The zero-order chi connectivity index (χ0) is 24.8. The molecule has 0 radical (unpaired) electrons. The first kappa shape index (κ1) is 22.4. The first-order chi connectivity index (χ1) is 17.6. The minimum absolute atomic E-state index is 0.0574. The van der Waals surface area contributed by atoms with Crippen LogP contribution in [-0.4, -0.2) is 23.9 Å². The standard InChI is InChI=1S/C29H24N2O4S/c1-34-20-11-8-19(9-12-20)27-22-13-10-18-5-3-4-6-21(18)26(22)30-29-31(27)28(33)25(36-29)16-17-7-14-23(32)24(15-17)35-2/h3-9,11-12,14-16,27,32H,10,13H2,1-2H3. The number of phenols is 1. The molecule has 0 spiro atoms. The summed E-state index contributed by atoms with van der Waals surface area (Å²) < 4.78 is 13.0. The van der Waals surface area contributed by atoms with Gasteiger partial charge in [-0.2, -0.15) is 0 Å². The van der Waals surface area contributed by atoms with E-state index in [0.717, 1.165) is 46.6 Å². The molecule has 1 atom stereocenters. The number of ether oxygens (including phenoxy) is 2. The molecule has 0 saturated heterocycles. The van der Waals surface area contributed by atoms with Gasteiger partial charge in [-0.1, -0.05) is 53.8 Å². The summed E-state index contributed by atoms with van der Waals surface area (Å²) >= 11 is 1.38. The smallest absolute Gasteiger partial charge is 0.271 e. The Hall–Kier alpha value is -4.10. The second kappa shape index (κ2) is 8.84. The average molecular weight is 497 g/mol. The Morgan fingerprint density at radius 1 is 1.03 bits per heavy atom. The van der Waals surface area contributed by atoms with Crippen LogP contribution in [0.15, 0.2) is 82.1 Å². The minimum Gasteiger partial charge on any atom is -0.504 e. The van der Waals surface area contributed by atoms with Crippen molar-refractivity contribution in [3.63, 3.8) is 0 Å². The number of hydrogen-bond donors (Lipinski definition) is 1. The van der Waals surface area contributed by atoms with Gasteiger partial charge in [-0.05, 0) is 65.4 Å². The van der Waals surface area contributed by atoms with Crippen molar-refractivity contribution in [3.05, 3.63) is 114 Å². The van der Waals surface area contributed by atoms with E-state index in [2.05, 4.69) is 18.2 Å². The maximum absolute atomic E-state index is 13.8. The number of methoxy groups -OCH3 is 2. The van der Waals surface area contributed by atoms with E-state index < -0.39 is 0 Å². The van der Waals surface area contributed by atoms with Crippen molar-refractivity contribution in [1.29, 1.82) is 0 Å². The van der Waals surface area contributed by atoms with Gasteiger partial charge in [0, 0.05) is 5.56 Å². The third-order valence-corrected chi connectivity index (χ3v) is 7.79. The number of aryl methyl sites for hydroxylation is 1. The van der Waals surface area contributed by atoms with Crippen molar-refractivity contribution in [2.24, 2.45) is 4.99 Å². The second-order valence-electron chi connectivity index (χ2n) is 8.82. The highest BCUT2D eigenvalue weighted by molar-refractivity contribution is 7.07. The van der Waals surface area contributed by atoms with E-state index in [1.165, 1.54) is 24.0 Å². The highest BCUT2D eigenvalue weighted by Gasteiger charge is 2.32. The van der Waals surface area contributed by atoms with Gasteiger partial charge >= 0.3 is 0 Å². The molecule has 6 rings (SSSR count). The summed E-state index contributed by atoms with van der Waals surface area (Å²) in [5, 5.41) is 9.95. The van der Waals surface area contributed by atoms with Crippen LogP contribution in [0.25, 0.3) is 11.8 Å². The molecule has 1 unspecified atom stereocenters. The van der Waals surface area contributed by atoms with Gasteiger partial charge in [0.2, 0.25) is 0 Å². The van der Waals surface area contributed by atoms with E-state index in [-0.39, 0.29) is 17.4 Å². The van der Waals surface area contributed by atoms with Crippen molar-refractivity contribution in [1.82, 2.24) is 4.57 Å². The van der Waals surface area contributed by atoms with Gasteiger partial charge in [0.05, 0.1) is 30.5 Å². The van der Waals surface area contributed by atoms with E-state index in [9.17, 15) is 9.90 Å². The number of nitrogens with zero attached hydrogens (tertiary/aromatic N) is 2. The molecule has 1 N–H and O–H groups in total. The van der Waals surface area contributed by atoms with Crippen LogP contribution in [0.3, 0.4) is 0 Å². The molecule has 6 nitrogen and oxygen atoms in total. The van der Waals surface area contributed by atoms with Crippen molar-refractivity contribution in [2.45, 2.75) is 18.9 Å². The third kappa shape index (κ3) is 3.63. The molecule has 0 fully saturated rings. The Bertz CT molecular complexity index is 1700. The van der Waals surface area contributed by atoms with Gasteiger partial charge in [0.15, 0.2) is 16.3 Å². The van der Waals surface area contributed by atoms with Crippen molar-refractivity contribution < 1.29 is 14.6 Å². The maximum atomic E-state index is 13.8. The first-order valence-corrected chi connectivity index (χ1v) is 12.5. The summed E-state index contributed by atoms with van der Waals surface area (Å²) in [4.78, 5) is 19.5. The normalized spacial score (nSPS) is 16.6. The maximum Gasteiger partial charge on any atom is 0.271 e. The molecule has 1 aliphatic heterocycles. The number of rotatable bonds is 4. The third-order valence-electron chi connectivity index (χ3n) is 6.81. The predicted octanol–water partition coefficient (Wildman–Crippen LogP) is 4.04. The Morgan fingerprint density at radius 3 is 2.61 bits per heavy atom. The molecule has 7 heteroatoms. The zero-order valence-electron chi connectivity index (χ0n) is 19.9. The lowest BCUT2D eigenvalue weighted by molar-refractivity contribution is 0.373. The van der Waals surface area contributed by atoms with Gasteiger partial charge in [-0.3, -0.25) is 9.36 Å². The molecule has 2 aliphatic rings. The Balaban J connectivity index is 1.59. The molecule has 0 amide bonds. The summed E-state index contributed by atoms with van der Waals surface area (Å²) in [5.74, 6) is 1.19. The Morgan fingerprint density at radius 2 is 1.83 bits per heavy atom. The van der Waals surface area contributed by atoms with E-state index >= 15 is 0 Å². The van der Waals surface area contributed by atoms with Gasteiger partial charge in [0.25, 0.3) is 5.56 Å². The number of aromatic nitrogens is 1. The largest absolute Gasteiger partial charge is 0.504 e. The molecule has 0 saturated carbocycles. The zero-order valence-corrected chi connectivity index (χ0v) is 20.7. The quantitative estimate of drug-likeness (QED) is 0.463. The highest BCUT2D eigenvalue weighted by Crippen LogP contribution is 2.41. The lowest BCUT2D eigenvalue weighted by Gasteiger charge is -2.30. The minimum atomic E-state index is -0.244. The van der Waals surface area contributed by atoms with E-state index in [1.807, 2.05) is 41.0 Å². The Kier molecular flexibility index (Phi) is 5.49. The average Bonchev–Trinajstić information content (AvgIpc) is 3.22. The monoisotopic (exact) mass is 496 g/mol. The van der Waals surface area contributed by atoms with Crippen molar-refractivity contribution in [2.75, 3.05) is 14.2 Å². The molecule has 180 valence electrons. The molecule has 1 aliphatic carbocycles. The fraction of sp³-hybridized carbons (Fsp3) is 0.172. The summed E-state index contributed by atoms with van der Waals surface area (Å²) in [7, 11) is 3.15. The molecule has 0 bridgehead atoms. The number of phenolic OH excluding ortho intramolecular Hbond substituents is 1. The highest BCUT2D eigenvalue weighted by atomic mass is 32.1. The number of fused-ring (bicyclic) bond motifs is 3. The number of aromatic hydroxyl groups is 1. The lowest BCUT2D eigenvalue weighted by atomic mass is 9.83. The number of thiazole rings is 1. The molecule has 3 aromatic carbocycles. The second-order valence-corrected chi connectivity index (χ2v) is 9.83. The first-order valence-electron chi connectivity index (χ1n) is 11.7. The summed E-state index contributed by atoms with van der Waals surface area (Å²) in [6.45, 7) is 0. The van der Waals surface area contributed by atoms with Crippen LogP contribution in [0, 0.1) is 0 Å². The summed E-state index contributed by atoms with van der Waals surface area (Å²) in [5.41, 5.74) is 6.25. The number of hydrogen-bond acceptors (Lipinski definition) is 6. The van der Waals surface area contributed by atoms with E-state index in [4.69, 9.17) is 14.5 Å². The molecular formula is C29H24N2O4S. The number of benzene rings is 3. The van der Waals surface area contributed by atoms with Crippen molar-refractivity contribution >= 4 is 23.1 Å². The van der Waals surface area contributed by atoms with E-state index in [1.54, 1.807) is 25.3 Å². The van der Waals surface area contributed by atoms with Crippen LogP contribution in [0.2, 0.25) is 0 Å². The fourth-order valence-corrected chi connectivity index (χ4v) is 6.04. The number of allylic oxidation sites excluding steroid dienone is 1. The predicted molar refractivity (Wildman–Crippen MR) is 140 cm³/mol. The van der Waals surface area contributed by atoms with Gasteiger partial charge < -0.3 is 14.6 Å². The fourth-order valence-electron chi connectivity index (χ4n) is 5.04. The van der Waals surface area contributed by atoms with Crippen LogP contribution < -0.4 is 24.4 Å². The van der Waals surface area contributed by atoms with Crippen LogP contribution in [-0.2, 0) is 6.42 Å². The summed E-state index contributed by atoms with van der Waals surface area (Å²) in [6.07, 6.45) is 3.58. The molecule has 1 aromatic heterocycles. The Labute approximate surface area is 211 Å². The van der Waals surface area contributed by atoms with Gasteiger partial charge in [-0.25, -0.2) is 4.99 Å².